The second-order valence-electron chi connectivity index (χ2n) is 6.87. The van der Waals surface area contributed by atoms with Crippen LogP contribution in [-0.2, 0) is 4.79 Å². The fraction of sp³-hybridized carbons (Fsp3) is 0.174. The summed E-state index contributed by atoms with van der Waals surface area (Å²) in [6, 6.07) is 31.8. The van der Waals surface area contributed by atoms with Gasteiger partial charge in [0.2, 0.25) is 5.91 Å². The standard InChI is InChI=1S/C23H23N2OP/c1-18-22(25-23(18)26)17-24-27(19-11-5-2-6-12-19,20-13-7-3-8-14-20)21-15-9-4-10-16-21/h2-16,18,22H,17H2,1H3,(H,25,26)/t18-,22+/m0/s1. The molecular formula is C23H23N2OP. The number of benzene rings is 3. The zero-order valence-corrected chi connectivity index (χ0v) is 16.2. The molecule has 0 unspecified atom stereocenters. The number of nitrogens with one attached hydrogen (secondary N) is 1. The van der Waals surface area contributed by atoms with E-state index >= 15 is 0 Å². The van der Waals surface area contributed by atoms with Crippen LogP contribution >= 0.6 is 7.05 Å². The first-order valence-corrected chi connectivity index (χ1v) is 11.0. The molecule has 1 aliphatic rings. The van der Waals surface area contributed by atoms with Crippen molar-refractivity contribution in [3.05, 3.63) is 91.0 Å². The molecule has 1 heterocycles. The zero-order chi connectivity index (χ0) is 18.7. The fourth-order valence-corrected chi connectivity index (χ4v) is 7.18. The van der Waals surface area contributed by atoms with Crippen molar-refractivity contribution in [1.29, 1.82) is 0 Å². The van der Waals surface area contributed by atoms with Crippen molar-refractivity contribution in [2.75, 3.05) is 6.54 Å². The van der Waals surface area contributed by atoms with Crippen molar-refractivity contribution in [1.82, 2.24) is 5.32 Å². The summed E-state index contributed by atoms with van der Waals surface area (Å²) in [7, 11) is -2.16. The molecule has 3 aromatic rings. The lowest BCUT2D eigenvalue weighted by Gasteiger charge is -2.35. The highest BCUT2D eigenvalue weighted by molar-refractivity contribution is 7.87. The lowest BCUT2D eigenvalue weighted by atomic mass is 9.93. The Morgan fingerprint density at radius 1 is 0.778 bits per heavy atom. The van der Waals surface area contributed by atoms with Gasteiger partial charge in [-0.2, -0.15) is 0 Å². The largest absolute Gasteiger partial charge is 0.350 e. The van der Waals surface area contributed by atoms with Gasteiger partial charge in [0.25, 0.3) is 0 Å². The summed E-state index contributed by atoms with van der Waals surface area (Å²) in [5, 5.41) is 6.71. The van der Waals surface area contributed by atoms with Crippen LogP contribution in [0.3, 0.4) is 0 Å². The van der Waals surface area contributed by atoms with Crippen molar-refractivity contribution in [3.63, 3.8) is 0 Å². The molecule has 136 valence electrons. The molecule has 0 bridgehead atoms. The second-order valence-corrected chi connectivity index (χ2v) is 9.97. The Morgan fingerprint density at radius 3 is 1.52 bits per heavy atom. The third-order valence-electron chi connectivity index (χ3n) is 5.22. The van der Waals surface area contributed by atoms with Crippen LogP contribution in [0.15, 0.2) is 95.7 Å². The number of carbonyl (C=O) groups is 1. The highest BCUT2D eigenvalue weighted by atomic mass is 31.2. The van der Waals surface area contributed by atoms with Crippen LogP contribution in [0.1, 0.15) is 6.92 Å². The number of rotatable bonds is 5. The smallest absolute Gasteiger partial charge is 0.225 e. The summed E-state index contributed by atoms with van der Waals surface area (Å²) in [5.41, 5.74) is 0. The first-order valence-electron chi connectivity index (χ1n) is 9.27. The number of β-lactam (4-membered cyclic amide) rings is 1. The number of hydrogen-bond donors (Lipinski definition) is 1. The quantitative estimate of drug-likeness (QED) is 0.540. The van der Waals surface area contributed by atoms with E-state index in [1.165, 1.54) is 15.9 Å². The molecular weight excluding hydrogens is 351 g/mol. The monoisotopic (exact) mass is 374 g/mol. The van der Waals surface area contributed by atoms with E-state index in [1.807, 2.05) is 25.1 Å². The Hall–Kier alpha value is -2.64. The first kappa shape index (κ1) is 17.8. The fourth-order valence-electron chi connectivity index (χ4n) is 3.56. The van der Waals surface area contributed by atoms with E-state index in [0.717, 1.165) is 0 Å². The van der Waals surface area contributed by atoms with E-state index in [9.17, 15) is 4.79 Å². The highest BCUT2D eigenvalue weighted by Crippen LogP contribution is 2.46. The van der Waals surface area contributed by atoms with E-state index in [4.69, 9.17) is 4.74 Å². The maximum absolute atomic E-state index is 11.6. The SMILES string of the molecule is C[C@@H]1C(=O)N[C@@H]1CN=P(c1ccccc1)(c1ccccc1)c1ccccc1. The first-order chi connectivity index (χ1) is 13.2. The molecule has 1 N–H and O–H groups in total. The van der Waals surface area contributed by atoms with E-state index in [1.54, 1.807) is 0 Å². The average Bonchev–Trinajstić information content (AvgIpc) is 2.75. The summed E-state index contributed by atoms with van der Waals surface area (Å²) in [4.78, 5) is 11.6. The van der Waals surface area contributed by atoms with Gasteiger partial charge in [0.05, 0.1) is 25.6 Å². The molecule has 0 aromatic heterocycles. The molecule has 1 saturated heterocycles. The summed E-state index contributed by atoms with van der Waals surface area (Å²) in [6.45, 7) is 2.60. The Balaban J connectivity index is 1.93. The molecule has 4 rings (SSSR count). The Labute approximate surface area is 160 Å². The van der Waals surface area contributed by atoms with E-state index in [2.05, 4.69) is 78.1 Å². The van der Waals surface area contributed by atoms with Crippen LogP contribution in [0.5, 0.6) is 0 Å². The number of nitrogens with zero attached hydrogens (tertiary/aromatic N) is 1. The summed E-state index contributed by atoms with van der Waals surface area (Å²) < 4.78 is 5.37. The predicted molar refractivity (Wildman–Crippen MR) is 114 cm³/mol. The van der Waals surface area contributed by atoms with Crippen molar-refractivity contribution >= 4 is 28.9 Å². The second kappa shape index (κ2) is 7.54. The molecule has 3 aromatic carbocycles. The maximum atomic E-state index is 11.6. The minimum atomic E-state index is -2.16. The van der Waals surface area contributed by atoms with Gasteiger partial charge in [-0.25, -0.2) is 0 Å². The molecule has 27 heavy (non-hydrogen) atoms. The van der Waals surface area contributed by atoms with Gasteiger partial charge in [0.1, 0.15) is 0 Å². The molecule has 4 heteroatoms. The van der Waals surface area contributed by atoms with Gasteiger partial charge in [-0.3, -0.25) is 9.54 Å². The van der Waals surface area contributed by atoms with Crippen molar-refractivity contribution in [2.24, 2.45) is 10.7 Å². The number of amides is 1. The van der Waals surface area contributed by atoms with Crippen LogP contribution in [0, 0.1) is 5.92 Å². The van der Waals surface area contributed by atoms with Gasteiger partial charge in [-0.1, -0.05) is 97.9 Å². The highest BCUT2D eigenvalue weighted by Gasteiger charge is 2.36. The molecule has 0 aliphatic carbocycles. The number of hydrogen-bond acceptors (Lipinski definition) is 2. The van der Waals surface area contributed by atoms with Gasteiger partial charge >= 0.3 is 0 Å². The molecule has 2 atom stereocenters. The van der Waals surface area contributed by atoms with Crippen LogP contribution in [0.4, 0.5) is 0 Å². The Morgan fingerprint density at radius 2 is 1.19 bits per heavy atom. The molecule has 0 spiro atoms. The van der Waals surface area contributed by atoms with E-state index in [-0.39, 0.29) is 17.9 Å². The van der Waals surface area contributed by atoms with E-state index in [0.29, 0.717) is 6.54 Å². The number of carbonyl (C=O) groups excluding carboxylic acids is 1. The molecule has 1 aliphatic heterocycles. The lowest BCUT2D eigenvalue weighted by molar-refractivity contribution is -0.133. The van der Waals surface area contributed by atoms with E-state index < -0.39 is 7.05 Å². The van der Waals surface area contributed by atoms with Gasteiger partial charge in [0, 0.05) is 15.9 Å². The van der Waals surface area contributed by atoms with Crippen LogP contribution in [-0.4, -0.2) is 18.5 Å². The third kappa shape index (κ3) is 3.24. The van der Waals surface area contributed by atoms with Gasteiger partial charge in [-0.15, -0.1) is 0 Å². The van der Waals surface area contributed by atoms with Crippen molar-refractivity contribution in [2.45, 2.75) is 13.0 Å². The Kier molecular flexibility index (Phi) is 4.96. The van der Waals surface area contributed by atoms with Gasteiger partial charge in [-0.05, 0) is 0 Å². The molecule has 1 amide bonds. The zero-order valence-electron chi connectivity index (χ0n) is 15.3. The van der Waals surface area contributed by atoms with Crippen molar-refractivity contribution in [3.8, 4) is 0 Å². The van der Waals surface area contributed by atoms with Crippen LogP contribution in [0.2, 0.25) is 0 Å². The summed E-state index contributed by atoms with van der Waals surface area (Å²) in [6.07, 6.45) is 0. The van der Waals surface area contributed by atoms with Crippen LogP contribution < -0.4 is 21.2 Å². The molecule has 0 saturated carbocycles. The van der Waals surface area contributed by atoms with Crippen molar-refractivity contribution < 1.29 is 4.79 Å². The molecule has 1 fully saturated rings. The Bertz CT molecular complexity index is 868. The minimum absolute atomic E-state index is 0.0259. The predicted octanol–water partition coefficient (Wildman–Crippen LogP) is 3.30. The molecule has 0 radical (unpaired) electrons. The summed E-state index contributed by atoms with van der Waals surface area (Å²) >= 11 is 0. The average molecular weight is 374 g/mol. The normalized spacial score (nSPS) is 19.1. The maximum Gasteiger partial charge on any atom is 0.225 e. The molecule has 3 nitrogen and oxygen atoms in total. The lowest BCUT2D eigenvalue weighted by Crippen LogP contribution is -2.58. The minimum Gasteiger partial charge on any atom is -0.350 e. The van der Waals surface area contributed by atoms with Gasteiger partial charge < -0.3 is 5.32 Å². The topological polar surface area (TPSA) is 41.5 Å². The third-order valence-corrected chi connectivity index (χ3v) is 8.95. The van der Waals surface area contributed by atoms with Crippen LogP contribution in [0.25, 0.3) is 0 Å². The van der Waals surface area contributed by atoms with Gasteiger partial charge in [0.15, 0.2) is 0 Å². The summed E-state index contributed by atoms with van der Waals surface area (Å²) in [5.74, 6) is 0.149.